The summed E-state index contributed by atoms with van der Waals surface area (Å²) in [6.07, 6.45) is -4.37. The summed E-state index contributed by atoms with van der Waals surface area (Å²) < 4.78 is 39.9. The van der Waals surface area contributed by atoms with Crippen LogP contribution in [0.3, 0.4) is 0 Å². The number of halogens is 3. The lowest BCUT2D eigenvalue weighted by Gasteiger charge is -2.32. The van der Waals surface area contributed by atoms with E-state index in [1.165, 1.54) is 17.7 Å². The number of alkyl halides is 3. The molecule has 1 N–H and O–H groups in total. The Balaban J connectivity index is 1.88. The van der Waals surface area contributed by atoms with Crippen LogP contribution in [-0.2, 0) is 6.18 Å². The Hall–Kier alpha value is -3.10. The van der Waals surface area contributed by atoms with E-state index in [9.17, 15) is 13.2 Å². The smallest absolute Gasteiger partial charge is 0.373 e. The lowest BCUT2D eigenvalue weighted by molar-refractivity contribution is -0.137. The van der Waals surface area contributed by atoms with Gasteiger partial charge in [0.1, 0.15) is 0 Å². The standard InChI is InChI=1S/C29H27F3NP/c1-20-18-21(2)27(22(3)19-20)33-28(23-14-16-24(17-15-23)29(30,31)32)34(25-10-6-4-7-11-25)26-12-8-5-9-13-26/h4-19,28,33H,1-3H3. The molecule has 1 atom stereocenters. The Morgan fingerprint density at radius 1 is 0.676 bits per heavy atom. The van der Waals surface area contributed by atoms with Gasteiger partial charge in [-0.25, -0.2) is 0 Å². The molecule has 34 heavy (non-hydrogen) atoms. The van der Waals surface area contributed by atoms with Crippen molar-refractivity contribution in [2.75, 3.05) is 5.32 Å². The Kier molecular flexibility index (Phi) is 7.09. The molecule has 0 saturated heterocycles. The van der Waals surface area contributed by atoms with Gasteiger partial charge in [0, 0.05) is 5.69 Å². The third-order valence-corrected chi connectivity index (χ3v) is 8.49. The van der Waals surface area contributed by atoms with Gasteiger partial charge < -0.3 is 5.32 Å². The van der Waals surface area contributed by atoms with Crippen LogP contribution in [0.5, 0.6) is 0 Å². The minimum atomic E-state index is -4.37. The number of rotatable bonds is 6. The average Bonchev–Trinajstić information content (AvgIpc) is 2.81. The van der Waals surface area contributed by atoms with Crippen LogP contribution in [0.25, 0.3) is 0 Å². The van der Waals surface area contributed by atoms with Crippen LogP contribution in [0.1, 0.15) is 33.6 Å². The minimum absolute atomic E-state index is 0.220. The molecule has 0 heterocycles. The van der Waals surface area contributed by atoms with Crippen LogP contribution in [0.2, 0.25) is 0 Å². The van der Waals surface area contributed by atoms with Gasteiger partial charge in [-0.1, -0.05) is 90.5 Å². The third-order valence-electron chi connectivity index (χ3n) is 5.84. The number of aryl methyl sites for hydroxylation is 3. The maximum absolute atomic E-state index is 13.3. The summed E-state index contributed by atoms with van der Waals surface area (Å²) >= 11 is 0. The predicted octanol–water partition coefficient (Wildman–Crippen LogP) is 7.87. The molecular weight excluding hydrogens is 450 g/mol. The fraction of sp³-hybridized carbons (Fsp3) is 0.172. The molecule has 0 aliphatic carbocycles. The van der Waals surface area contributed by atoms with Gasteiger partial charge in [0.2, 0.25) is 0 Å². The SMILES string of the molecule is Cc1cc(C)c(NC(c2ccc(C(F)(F)F)cc2)P(c2ccccc2)c2ccccc2)c(C)c1. The van der Waals surface area contributed by atoms with Crippen molar-refractivity contribution in [3.8, 4) is 0 Å². The second-order valence-electron chi connectivity index (χ2n) is 8.48. The lowest BCUT2D eigenvalue weighted by atomic mass is 10.0. The third kappa shape index (κ3) is 5.34. The molecular formula is C29H27F3NP. The molecule has 4 rings (SSSR count). The molecule has 0 bridgehead atoms. The fourth-order valence-electron chi connectivity index (χ4n) is 4.32. The molecule has 0 aromatic heterocycles. The van der Waals surface area contributed by atoms with Crippen LogP contribution in [0, 0.1) is 20.8 Å². The van der Waals surface area contributed by atoms with Gasteiger partial charge in [0.25, 0.3) is 0 Å². The van der Waals surface area contributed by atoms with E-state index in [2.05, 4.69) is 62.5 Å². The van der Waals surface area contributed by atoms with Crippen LogP contribution < -0.4 is 15.9 Å². The van der Waals surface area contributed by atoms with E-state index in [1.54, 1.807) is 12.1 Å². The monoisotopic (exact) mass is 477 g/mol. The molecule has 0 aliphatic heterocycles. The first-order valence-electron chi connectivity index (χ1n) is 11.1. The van der Waals surface area contributed by atoms with Gasteiger partial charge in [-0.3, -0.25) is 0 Å². The number of hydrogen-bond acceptors (Lipinski definition) is 1. The molecule has 0 amide bonds. The first-order chi connectivity index (χ1) is 16.2. The molecule has 0 aliphatic rings. The number of anilines is 1. The van der Waals surface area contributed by atoms with Crippen molar-refractivity contribution in [2.24, 2.45) is 0 Å². The Labute approximate surface area is 200 Å². The number of hydrogen-bond donors (Lipinski definition) is 1. The van der Waals surface area contributed by atoms with Gasteiger partial charge in [0.05, 0.1) is 11.3 Å². The van der Waals surface area contributed by atoms with Crippen molar-refractivity contribution >= 4 is 24.2 Å². The van der Waals surface area contributed by atoms with Crippen molar-refractivity contribution in [3.05, 3.63) is 125 Å². The average molecular weight is 478 g/mol. The molecule has 1 unspecified atom stereocenters. The second kappa shape index (κ2) is 10.0. The summed E-state index contributed by atoms with van der Waals surface area (Å²) in [5, 5.41) is 6.07. The molecule has 174 valence electrons. The largest absolute Gasteiger partial charge is 0.416 e. The molecule has 0 spiro atoms. The van der Waals surface area contributed by atoms with E-state index in [0.717, 1.165) is 33.0 Å². The zero-order valence-corrected chi connectivity index (χ0v) is 20.3. The van der Waals surface area contributed by atoms with Crippen molar-refractivity contribution in [3.63, 3.8) is 0 Å². The summed E-state index contributed by atoms with van der Waals surface area (Å²) in [4.78, 5) is 0. The van der Waals surface area contributed by atoms with Gasteiger partial charge in [0.15, 0.2) is 0 Å². The maximum Gasteiger partial charge on any atom is 0.416 e. The van der Waals surface area contributed by atoms with Gasteiger partial charge >= 0.3 is 6.18 Å². The number of nitrogens with one attached hydrogen (secondary N) is 1. The zero-order chi connectivity index (χ0) is 24.3. The van der Waals surface area contributed by atoms with E-state index in [1.807, 2.05) is 36.4 Å². The molecule has 4 aromatic rings. The minimum Gasteiger partial charge on any atom is -0.373 e. The van der Waals surface area contributed by atoms with Crippen molar-refractivity contribution in [2.45, 2.75) is 32.7 Å². The molecule has 0 fully saturated rings. The molecule has 0 saturated carbocycles. The van der Waals surface area contributed by atoms with E-state index in [-0.39, 0.29) is 5.78 Å². The second-order valence-corrected chi connectivity index (χ2v) is 10.8. The van der Waals surface area contributed by atoms with Gasteiger partial charge in [-0.05, 0) is 68.1 Å². The van der Waals surface area contributed by atoms with Crippen LogP contribution in [0.15, 0.2) is 97.1 Å². The van der Waals surface area contributed by atoms with E-state index in [0.29, 0.717) is 0 Å². The van der Waals surface area contributed by atoms with Crippen LogP contribution in [0.4, 0.5) is 18.9 Å². The molecule has 1 nitrogen and oxygen atoms in total. The van der Waals surface area contributed by atoms with Gasteiger partial charge in [-0.15, -0.1) is 0 Å². The normalized spacial score (nSPS) is 12.6. The quantitative estimate of drug-likeness (QED) is 0.279. The van der Waals surface area contributed by atoms with Crippen molar-refractivity contribution in [1.82, 2.24) is 0 Å². The highest BCUT2D eigenvalue weighted by Gasteiger charge is 2.32. The first kappa shape index (κ1) is 24.0. The highest BCUT2D eigenvalue weighted by Crippen LogP contribution is 2.50. The van der Waals surface area contributed by atoms with Crippen LogP contribution in [-0.4, -0.2) is 0 Å². The molecule has 5 heteroatoms. The van der Waals surface area contributed by atoms with Gasteiger partial charge in [-0.2, -0.15) is 13.2 Å². The number of benzene rings is 4. The summed E-state index contributed by atoms with van der Waals surface area (Å²) in [5.74, 6) is -0.220. The predicted molar refractivity (Wildman–Crippen MR) is 138 cm³/mol. The van der Waals surface area contributed by atoms with E-state index >= 15 is 0 Å². The fourth-order valence-corrected chi connectivity index (χ4v) is 6.93. The summed E-state index contributed by atoms with van der Waals surface area (Å²) in [6, 6.07) is 30.3. The maximum atomic E-state index is 13.3. The Bertz CT molecular complexity index is 1170. The van der Waals surface area contributed by atoms with Crippen LogP contribution >= 0.6 is 7.92 Å². The van der Waals surface area contributed by atoms with E-state index < -0.39 is 19.7 Å². The lowest BCUT2D eigenvalue weighted by Crippen LogP contribution is -2.23. The Morgan fingerprint density at radius 2 is 1.15 bits per heavy atom. The highest BCUT2D eigenvalue weighted by molar-refractivity contribution is 7.73. The first-order valence-corrected chi connectivity index (χ1v) is 12.6. The van der Waals surface area contributed by atoms with E-state index in [4.69, 9.17) is 0 Å². The molecule has 4 aromatic carbocycles. The summed E-state index contributed by atoms with van der Waals surface area (Å²) in [6.45, 7) is 6.21. The Morgan fingerprint density at radius 3 is 1.59 bits per heavy atom. The van der Waals surface area contributed by atoms with Crippen molar-refractivity contribution in [1.29, 1.82) is 0 Å². The highest BCUT2D eigenvalue weighted by atomic mass is 31.1. The topological polar surface area (TPSA) is 12.0 Å². The summed E-state index contributed by atoms with van der Waals surface area (Å²) in [7, 11) is -0.977. The zero-order valence-electron chi connectivity index (χ0n) is 19.4. The summed E-state index contributed by atoms with van der Waals surface area (Å²) in [5.41, 5.74) is 4.62. The van der Waals surface area contributed by atoms with Crippen molar-refractivity contribution < 1.29 is 13.2 Å². The molecule has 0 radical (unpaired) electrons.